The SMILES string of the molecule is CC1(C)CC2=NCC(=O)c3cccc4c3c2c(n4CCO)C1.C[C@]12CCCN1CC1=NCC(=O)c3cc(F)cc4[nH]c2c1c34.C[C@]12CCCN1CC1=NCC(=O)c3cccc4[nH]c2c1c34. The lowest BCUT2D eigenvalue weighted by Gasteiger charge is -2.39. The van der Waals surface area contributed by atoms with Crippen molar-refractivity contribution >= 4 is 67.2 Å². The molecular formula is C52H53FN8O4. The van der Waals surface area contributed by atoms with E-state index in [1.54, 1.807) is 0 Å². The lowest BCUT2D eigenvalue weighted by Crippen LogP contribution is -2.47. The third-order valence-electron chi connectivity index (χ3n) is 15.8. The number of aliphatic hydroxyl groups excluding tert-OH is 1. The first kappa shape index (κ1) is 40.6. The molecule has 3 aromatic heterocycles. The molecule has 10 heterocycles. The fourth-order valence-corrected chi connectivity index (χ4v) is 12.8. The molecule has 1 aliphatic carbocycles. The number of nitrogens with one attached hydrogen (secondary N) is 2. The van der Waals surface area contributed by atoms with E-state index in [2.05, 4.69) is 79.1 Å². The van der Waals surface area contributed by atoms with Gasteiger partial charge in [0.2, 0.25) is 0 Å². The highest BCUT2D eigenvalue weighted by molar-refractivity contribution is 6.25. The Labute approximate surface area is 375 Å². The number of benzene rings is 3. The van der Waals surface area contributed by atoms with E-state index in [-0.39, 0.29) is 65.9 Å². The lowest BCUT2D eigenvalue weighted by atomic mass is 9.75. The number of carbonyl (C=O) groups excluding carboxylic acids is 3. The Bertz CT molecular complexity index is 3220. The van der Waals surface area contributed by atoms with Crippen LogP contribution in [0.15, 0.2) is 63.5 Å². The maximum absolute atomic E-state index is 13.9. The summed E-state index contributed by atoms with van der Waals surface area (Å²) in [5.74, 6) is -0.242. The van der Waals surface area contributed by atoms with E-state index in [0.29, 0.717) is 12.1 Å². The molecule has 0 bridgehead atoms. The van der Waals surface area contributed by atoms with Crippen LogP contribution in [-0.2, 0) is 24.0 Å². The van der Waals surface area contributed by atoms with E-state index in [1.807, 2.05) is 24.3 Å². The number of H-pyrrole nitrogens is 2. The van der Waals surface area contributed by atoms with Crippen LogP contribution in [0.25, 0.3) is 32.7 Å². The first-order valence-corrected chi connectivity index (χ1v) is 23.2. The second-order valence-corrected chi connectivity index (χ2v) is 20.4. The molecule has 0 unspecified atom stereocenters. The van der Waals surface area contributed by atoms with Gasteiger partial charge in [0.1, 0.15) is 25.5 Å². The number of carbonyl (C=O) groups is 3. The van der Waals surface area contributed by atoms with Crippen LogP contribution in [0, 0.1) is 11.2 Å². The predicted molar refractivity (Wildman–Crippen MR) is 251 cm³/mol. The molecule has 12 nitrogen and oxygen atoms in total. The molecule has 13 heteroatoms. The number of rotatable bonds is 2. The summed E-state index contributed by atoms with van der Waals surface area (Å²) in [5.41, 5.74) is 15.2. The molecule has 2 fully saturated rings. The number of nitrogens with zero attached hydrogens (tertiary/aromatic N) is 6. The van der Waals surface area contributed by atoms with Crippen LogP contribution >= 0.6 is 0 Å². The molecule has 3 N–H and O–H groups in total. The summed E-state index contributed by atoms with van der Waals surface area (Å²) < 4.78 is 16.1. The smallest absolute Gasteiger partial charge is 0.185 e. The number of halogens is 1. The van der Waals surface area contributed by atoms with Crippen molar-refractivity contribution in [1.29, 1.82) is 0 Å². The minimum absolute atomic E-state index is 0.0610. The molecule has 7 aliphatic heterocycles. The Morgan fingerprint density at radius 2 is 1.22 bits per heavy atom. The van der Waals surface area contributed by atoms with Crippen molar-refractivity contribution in [3.8, 4) is 0 Å². The van der Waals surface area contributed by atoms with Gasteiger partial charge in [0, 0.05) is 109 Å². The van der Waals surface area contributed by atoms with Crippen molar-refractivity contribution in [3.63, 3.8) is 0 Å². The zero-order valence-electron chi connectivity index (χ0n) is 37.5. The Balaban J connectivity index is 0.000000103. The number of aromatic amines is 2. The quantitative estimate of drug-likeness (QED) is 0.162. The molecule has 0 spiro atoms. The van der Waals surface area contributed by atoms with Gasteiger partial charge < -0.3 is 19.6 Å². The maximum Gasteiger partial charge on any atom is 0.185 e. The van der Waals surface area contributed by atoms with Crippen molar-refractivity contribution in [2.45, 2.75) is 83.8 Å². The average molecular weight is 873 g/mol. The summed E-state index contributed by atoms with van der Waals surface area (Å²) in [6.45, 7) is 14.2. The van der Waals surface area contributed by atoms with Crippen LogP contribution < -0.4 is 0 Å². The van der Waals surface area contributed by atoms with Crippen LogP contribution in [0.4, 0.5) is 4.39 Å². The van der Waals surface area contributed by atoms with Crippen molar-refractivity contribution in [2.75, 3.05) is 52.4 Å². The maximum atomic E-state index is 13.9. The molecule has 65 heavy (non-hydrogen) atoms. The largest absolute Gasteiger partial charge is 0.395 e. The zero-order chi connectivity index (χ0) is 44.7. The van der Waals surface area contributed by atoms with E-state index < -0.39 is 0 Å². The predicted octanol–water partition coefficient (Wildman–Crippen LogP) is 7.69. The van der Waals surface area contributed by atoms with Crippen molar-refractivity contribution in [1.82, 2.24) is 24.3 Å². The second-order valence-electron chi connectivity index (χ2n) is 20.4. The summed E-state index contributed by atoms with van der Waals surface area (Å²) in [6, 6.07) is 14.7. The highest BCUT2D eigenvalue weighted by atomic mass is 19.1. The molecule has 3 aromatic carbocycles. The van der Waals surface area contributed by atoms with Gasteiger partial charge in [-0.3, -0.25) is 39.2 Å². The molecule has 332 valence electrons. The minimum atomic E-state index is -0.369. The fourth-order valence-electron chi connectivity index (χ4n) is 12.8. The fraction of sp³-hybridized carbons (Fsp3) is 0.423. The summed E-state index contributed by atoms with van der Waals surface area (Å²) in [5, 5.41) is 12.5. The van der Waals surface area contributed by atoms with Gasteiger partial charge in [-0.15, -0.1) is 0 Å². The van der Waals surface area contributed by atoms with E-state index >= 15 is 0 Å². The summed E-state index contributed by atoms with van der Waals surface area (Å²) in [7, 11) is 0. The molecule has 14 rings (SSSR count). The standard InChI is InChI=1S/C18H20N2O2.C17H16FN3O.C17H17N3O/c1-18(2)8-12-17-14(9-18)20(6-7-21)13-5-3-4-11(16(13)17)15(22)10-19-12;1-17-3-2-4-21(17)8-12-15-14-10(13(22)7-19-12)5-9(18)6-11(14)20-16(15)17;1-17-6-3-7-20(17)9-12-15-14-10(13(21)8-18-12)4-2-5-11(14)19-16(15)17/h3-5,21H,6-10H2,1-2H3;5-6,20H,2-4,7-8H2,1H3;2,4-5,19H,3,6-9H2,1H3/t;2*17-/m.11/s1. The Hall–Kier alpha value is -5.89. The van der Waals surface area contributed by atoms with Crippen LogP contribution in [0.2, 0.25) is 0 Å². The number of hydrogen-bond donors (Lipinski definition) is 3. The van der Waals surface area contributed by atoms with Crippen LogP contribution in [0.3, 0.4) is 0 Å². The van der Waals surface area contributed by atoms with Crippen molar-refractivity contribution in [2.24, 2.45) is 20.4 Å². The van der Waals surface area contributed by atoms with Gasteiger partial charge in [-0.2, -0.15) is 0 Å². The van der Waals surface area contributed by atoms with Gasteiger partial charge in [-0.25, -0.2) is 4.39 Å². The van der Waals surface area contributed by atoms with Crippen LogP contribution in [-0.4, -0.2) is 116 Å². The number of fused-ring (bicyclic) bond motifs is 4. The highest BCUT2D eigenvalue weighted by Crippen LogP contribution is 2.48. The van der Waals surface area contributed by atoms with Crippen LogP contribution in [0.1, 0.15) is 125 Å². The lowest BCUT2D eigenvalue weighted by molar-refractivity contribution is 0.0995. The van der Waals surface area contributed by atoms with Gasteiger partial charge in [-0.1, -0.05) is 38.1 Å². The van der Waals surface area contributed by atoms with E-state index in [0.717, 1.165) is 130 Å². The monoisotopic (exact) mass is 872 g/mol. The summed E-state index contributed by atoms with van der Waals surface area (Å²) in [6.07, 6.45) is 6.47. The molecule has 0 saturated carbocycles. The minimum Gasteiger partial charge on any atom is -0.395 e. The zero-order valence-corrected chi connectivity index (χ0v) is 37.5. The number of Topliss-reactive ketones (excluding diaryl/α,β-unsaturated/α-hetero) is 3. The van der Waals surface area contributed by atoms with Gasteiger partial charge in [0.25, 0.3) is 0 Å². The first-order valence-electron chi connectivity index (χ1n) is 23.2. The molecular weight excluding hydrogens is 820 g/mol. The van der Waals surface area contributed by atoms with Crippen molar-refractivity contribution in [3.05, 3.63) is 105 Å². The van der Waals surface area contributed by atoms with E-state index in [4.69, 9.17) is 0 Å². The number of aliphatic hydroxyl groups is 1. The van der Waals surface area contributed by atoms with Gasteiger partial charge in [0.15, 0.2) is 17.3 Å². The third-order valence-corrected chi connectivity index (χ3v) is 15.8. The molecule has 8 aliphatic rings. The molecule has 2 atom stereocenters. The Morgan fingerprint density at radius 1 is 0.662 bits per heavy atom. The normalized spacial score (nSPS) is 24.6. The molecule has 2 saturated heterocycles. The number of hydrogen-bond acceptors (Lipinski definition) is 9. The first-order chi connectivity index (χ1) is 31.3. The molecule has 6 aromatic rings. The molecule has 0 amide bonds. The summed E-state index contributed by atoms with van der Waals surface area (Å²) >= 11 is 0. The number of ketones is 3. The van der Waals surface area contributed by atoms with Gasteiger partial charge >= 0.3 is 0 Å². The average Bonchev–Trinajstić information content (AvgIpc) is 4.07. The highest BCUT2D eigenvalue weighted by Gasteiger charge is 2.48. The third kappa shape index (κ3) is 5.90. The second kappa shape index (κ2) is 14.3. The van der Waals surface area contributed by atoms with E-state index in [1.165, 1.54) is 41.9 Å². The Morgan fingerprint density at radius 3 is 1.85 bits per heavy atom. The number of aliphatic imine (C=N–C) groups is 3. The number of aromatic nitrogens is 3. The van der Waals surface area contributed by atoms with Gasteiger partial charge in [0.05, 0.1) is 29.1 Å². The topological polar surface area (TPSA) is 152 Å². The molecule has 0 radical (unpaired) electrons. The van der Waals surface area contributed by atoms with E-state index in [9.17, 15) is 23.9 Å². The summed E-state index contributed by atoms with van der Waals surface area (Å²) in [4.78, 5) is 63.0. The van der Waals surface area contributed by atoms with Crippen molar-refractivity contribution < 1.29 is 23.9 Å². The Kier molecular flexibility index (Phi) is 8.94. The van der Waals surface area contributed by atoms with Gasteiger partial charge in [-0.05, 0) is 95.1 Å². The van der Waals surface area contributed by atoms with Crippen LogP contribution in [0.5, 0.6) is 0 Å².